The third-order valence-corrected chi connectivity index (χ3v) is 6.45. The Bertz CT molecular complexity index is 1000. The van der Waals surface area contributed by atoms with Crippen LogP contribution in [0.4, 0.5) is 0 Å². The standard InChI is InChI=1S/C24H28N4O/c1-17-7-9-21(10-8-17)28(22-11-12-22)24(29)20-13-19-15-26-27(23(19)25-14-20)16-18-5-3-2-4-6-18/h2-6,13-15,17,21-22H,7-12,16H2,1H3. The van der Waals surface area contributed by atoms with Crippen molar-refractivity contribution in [2.75, 3.05) is 0 Å². The van der Waals surface area contributed by atoms with Gasteiger partial charge in [-0.1, -0.05) is 37.3 Å². The van der Waals surface area contributed by atoms with Gasteiger partial charge in [0.15, 0.2) is 5.65 Å². The Morgan fingerprint density at radius 3 is 2.41 bits per heavy atom. The van der Waals surface area contributed by atoms with Gasteiger partial charge in [-0.05, 0) is 56.1 Å². The molecule has 5 nitrogen and oxygen atoms in total. The molecule has 0 saturated heterocycles. The molecule has 3 aromatic rings. The number of hydrogen-bond donors (Lipinski definition) is 0. The van der Waals surface area contributed by atoms with E-state index in [1.165, 1.54) is 18.4 Å². The van der Waals surface area contributed by atoms with E-state index < -0.39 is 0 Å². The maximum Gasteiger partial charge on any atom is 0.255 e. The Balaban J connectivity index is 1.39. The zero-order chi connectivity index (χ0) is 19.8. The van der Waals surface area contributed by atoms with E-state index in [1.54, 1.807) is 6.20 Å². The van der Waals surface area contributed by atoms with Crippen LogP contribution in [0.25, 0.3) is 11.0 Å². The summed E-state index contributed by atoms with van der Waals surface area (Å²) in [5.74, 6) is 0.938. The van der Waals surface area contributed by atoms with Crippen molar-refractivity contribution in [3.8, 4) is 0 Å². The Morgan fingerprint density at radius 1 is 1.03 bits per heavy atom. The van der Waals surface area contributed by atoms with Crippen LogP contribution in [0.3, 0.4) is 0 Å². The molecule has 1 amide bonds. The molecular formula is C24H28N4O. The van der Waals surface area contributed by atoms with Gasteiger partial charge in [-0.2, -0.15) is 5.10 Å². The lowest BCUT2D eigenvalue weighted by molar-refractivity contribution is 0.0593. The summed E-state index contributed by atoms with van der Waals surface area (Å²) in [5, 5.41) is 5.44. The fourth-order valence-corrected chi connectivity index (χ4v) is 4.61. The SMILES string of the molecule is CC1CCC(N(C(=O)c2cnc3c(cnn3Cc3ccccc3)c2)C2CC2)CC1. The first-order valence-electron chi connectivity index (χ1n) is 10.9. The predicted molar refractivity (Wildman–Crippen MR) is 114 cm³/mol. The first-order chi connectivity index (χ1) is 14.2. The molecular weight excluding hydrogens is 360 g/mol. The maximum absolute atomic E-state index is 13.4. The molecule has 0 aliphatic heterocycles. The van der Waals surface area contributed by atoms with E-state index in [1.807, 2.05) is 35.1 Å². The molecule has 1 aromatic carbocycles. The summed E-state index contributed by atoms with van der Waals surface area (Å²) in [5.41, 5.74) is 2.71. The highest BCUT2D eigenvalue weighted by molar-refractivity contribution is 5.97. The molecule has 5 rings (SSSR count). The number of carbonyl (C=O) groups is 1. The van der Waals surface area contributed by atoms with Crippen LogP contribution in [0.15, 0.2) is 48.8 Å². The van der Waals surface area contributed by atoms with Crippen LogP contribution in [0.2, 0.25) is 0 Å². The lowest BCUT2D eigenvalue weighted by atomic mass is 9.86. The van der Waals surface area contributed by atoms with E-state index in [-0.39, 0.29) is 5.91 Å². The van der Waals surface area contributed by atoms with E-state index >= 15 is 0 Å². The Kier molecular flexibility index (Phi) is 4.82. The molecule has 0 bridgehead atoms. The highest BCUT2D eigenvalue weighted by Gasteiger charge is 2.38. The van der Waals surface area contributed by atoms with Crippen molar-refractivity contribution in [1.29, 1.82) is 0 Å². The number of pyridine rings is 1. The van der Waals surface area contributed by atoms with E-state index in [4.69, 9.17) is 0 Å². The lowest BCUT2D eigenvalue weighted by Gasteiger charge is -2.36. The smallest absolute Gasteiger partial charge is 0.255 e. The van der Waals surface area contributed by atoms with Gasteiger partial charge < -0.3 is 4.90 Å². The highest BCUT2D eigenvalue weighted by Crippen LogP contribution is 2.36. The molecule has 0 atom stereocenters. The number of rotatable bonds is 5. The first-order valence-corrected chi connectivity index (χ1v) is 10.9. The van der Waals surface area contributed by atoms with Gasteiger partial charge in [-0.25, -0.2) is 9.67 Å². The van der Waals surface area contributed by atoms with Gasteiger partial charge in [0.05, 0.1) is 18.3 Å². The molecule has 2 heterocycles. The van der Waals surface area contributed by atoms with E-state index in [2.05, 4.69) is 34.0 Å². The fraction of sp³-hybridized carbons (Fsp3) is 0.458. The zero-order valence-electron chi connectivity index (χ0n) is 17.0. The number of amides is 1. The predicted octanol–water partition coefficient (Wildman–Crippen LogP) is 4.66. The summed E-state index contributed by atoms with van der Waals surface area (Å²) in [6.07, 6.45) is 10.6. The molecule has 150 valence electrons. The van der Waals surface area contributed by atoms with Crippen molar-refractivity contribution in [3.63, 3.8) is 0 Å². The van der Waals surface area contributed by atoms with E-state index in [9.17, 15) is 4.79 Å². The molecule has 0 unspecified atom stereocenters. The van der Waals surface area contributed by atoms with Crippen LogP contribution >= 0.6 is 0 Å². The molecule has 0 radical (unpaired) electrons. The van der Waals surface area contributed by atoms with Crippen molar-refractivity contribution in [2.24, 2.45) is 5.92 Å². The minimum Gasteiger partial charge on any atom is -0.333 e. The van der Waals surface area contributed by atoms with Gasteiger partial charge in [0.25, 0.3) is 5.91 Å². The molecule has 2 fully saturated rings. The molecule has 2 saturated carbocycles. The molecule has 2 aromatic heterocycles. The Labute approximate surface area is 171 Å². The van der Waals surface area contributed by atoms with Gasteiger partial charge in [-0.3, -0.25) is 4.79 Å². The van der Waals surface area contributed by atoms with Gasteiger partial charge in [0.2, 0.25) is 0 Å². The average Bonchev–Trinajstić information content (AvgIpc) is 3.51. The van der Waals surface area contributed by atoms with Crippen LogP contribution in [0.5, 0.6) is 0 Å². The normalized spacial score (nSPS) is 22.0. The molecule has 5 heteroatoms. The van der Waals surface area contributed by atoms with Crippen molar-refractivity contribution in [3.05, 3.63) is 59.9 Å². The summed E-state index contributed by atoms with van der Waals surface area (Å²) >= 11 is 0. The maximum atomic E-state index is 13.4. The molecule has 0 spiro atoms. The third kappa shape index (κ3) is 3.78. The quantitative estimate of drug-likeness (QED) is 0.639. The van der Waals surface area contributed by atoms with Crippen LogP contribution in [-0.2, 0) is 6.54 Å². The molecule has 29 heavy (non-hydrogen) atoms. The fourth-order valence-electron chi connectivity index (χ4n) is 4.61. The largest absolute Gasteiger partial charge is 0.333 e. The Hall–Kier alpha value is -2.69. The van der Waals surface area contributed by atoms with Crippen LogP contribution < -0.4 is 0 Å². The van der Waals surface area contributed by atoms with Crippen molar-refractivity contribution >= 4 is 16.9 Å². The third-order valence-electron chi connectivity index (χ3n) is 6.45. The number of carbonyl (C=O) groups excluding carboxylic acids is 1. The number of fused-ring (bicyclic) bond motifs is 1. The number of hydrogen-bond acceptors (Lipinski definition) is 3. The molecule has 2 aliphatic carbocycles. The summed E-state index contributed by atoms with van der Waals surface area (Å²) < 4.78 is 1.90. The second-order valence-corrected chi connectivity index (χ2v) is 8.78. The van der Waals surface area contributed by atoms with Crippen molar-refractivity contribution in [2.45, 2.75) is 64.1 Å². The van der Waals surface area contributed by atoms with E-state index in [0.29, 0.717) is 24.2 Å². The number of aromatic nitrogens is 3. The van der Waals surface area contributed by atoms with Gasteiger partial charge >= 0.3 is 0 Å². The monoisotopic (exact) mass is 388 g/mol. The minimum absolute atomic E-state index is 0.150. The van der Waals surface area contributed by atoms with Crippen LogP contribution in [0, 0.1) is 5.92 Å². The minimum atomic E-state index is 0.150. The summed E-state index contributed by atoms with van der Waals surface area (Å²) in [7, 11) is 0. The summed E-state index contributed by atoms with van der Waals surface area (Å²) in [6, 6.07) is 13.0. The van der Waals surface area contributed by atoms with Crippen LogP contribution in [-0.4, -0.2) is 37.7 Å². The highest BCUT2D eigenvalue weighted by atomic mass is 16.2. The van der Waals surface area contributed by atoms with Gasteiger partial charge in [-0.15, -0.1) is 0 Å². The van der Waals surface area contributed by atoms with Crippen molar-refractivity contribution < 1.29 is 4.79 Å². The second-order valence-electron chi connectivity index (χ2n) is 8.78. The topological polar surface area (TPSA) is 51.0 Å². The molecule has 0 N–H and O–H groups in total. The second kappa shape index (κ2) is 7.62. The summed E-state index contributed by atoms with van der Waals surface area (Å²) in [6.45, 7) is 3.00. The van der Waals surface area contributed by atoms with Gasteiger partial charge in [0.1, 0.15) is 0 Å². The number of nitrogens with zero attached hydrogens (tertiary/aromatic N) is 4. The van der Waals surface area contributed by atoms with E-state index in [0.717, 1.165) is 42.6 Å². The van der Waals surface area contributed by atoms with Gasteiger partial charge in [0, 0.05) is 23.7 Å². The Morgan fingerprint density at radius 2 is 1.72 bits per heavy atom. The lowest BCUT2D eigenvalue weighted by Crippen LogP contribution is -2.43. The first kappa shape index (κ1) is 18.3. The van der Waals surface area contributed by atoms with Crippen LogP contribution in [0.1, 0.15) is 61.4 Å². The number of benzene rings is 1. The zero-order valence-corrected chi connectivity index (χ0v) is 17.0. The summed E-state index contributed by atoms with van der Waals surface area (Å²) in [4.78, 5) is 20.2. The average molecular weight is 389 g/mol. The van der Waals surface area contributed by atoms with Crippen molar-refractivity contribution in [1.82, 2.24) is 19.7 Å². The molecule has 2 aliphatic rings.